The number of anilines is 1. The molecular formula is C21H15ClN2O3. The van der Waals surface area contributed by atoms with Crippen molar-refractivity contribution in [3.63, 3.8) is 0 Å². The topological polar surface area (TPSA) is 59.5 Å². The van der Waals surface area contributed by atoms with E-state index in [0.717, 1.165) is 0 Å². The van der Waals surface area contributed by atoms with Gasteiger partial charge in [-0.15, -0.1) is 0 Å². The molecule has 0 saturated carbocycles. The highest BCUT2D eigenvalue weighted by molar-refractivity contribution is 6.30. The van der Waals surface area contributed by atoms with E-state index in [2.05, 4.69) is 4.98 Å². The maximum absolute atomic E-state index is 12.8. The second-order valence-electron chi connectivity index (χ2n) is 6.10. The van der Waals surface area contributed by atoms with E-state index in [1.54, 1.807) is 54.7 Å². The molecule has 1 unspecified atom stereocenters. The number of hydroxylamine groups is 1. The van der Waals surface area contributed by atoms with Gasteiger partial charge in [0, 0.05) is 23.2 Å². The molecular weight excluding hydrogens is 364 g/mol. The number of fused-ring (bicyclic) bond motifs is 1. The molecule has 1 aliphatic rings. The van der Waals surface area contributed by atoms with Gasteiger partial charge in [0.15, 0.2) is 5.78 Å². The number of carbonyl (C=O) groups is 2. The maximum atomic E-state index is 12.8. The summed E-state index contributed by atoms with van der Waals surface area (Å²) in [4.78, 5) is 35.7. The summed E-state index contributed by atoms with van der Waals surface area (Å²) < 4.78 is 0. The number of rotatable bonds is 4. The van der Waals surface area contributed by atoms with Gasteiger partial charge in [-0.2, -0.15) is 5.06 Å². The molecule has 134 valence electrons. The van der Waals surface area contributed by atoms with Gasteiger partial charge in [0.2, 0.25) is 0 Å². The molecule has 2 heterocycles. The van der Waals surface area contributed by atoms with Crippen molar-refractivity contribution in [2.45, 2.75) is 12.5 Å². The number of nitrogens with zero attached hydrogens (tertiary/aromatic N) is 2. The van der Waals surface area contributed by atoms with Crippen molar-refractivity contribution in [3.05, 3.63) is 94.8 Å². The first-order chi connectivity index (χ1) is 13.1. The predicted octanol–water partition coefficient (Wildman–Crippen LogP) is 4.64. The lowest BCUT2D eigenvalue weighted by atomic mass is 9.99. The van der Waals surface area contributed by atoms with Crippen molar-refractivity contribution in [2.75, 3.05) is 5.06 Å². The van der Waals surface area contributed by atoms with Crippen molar-refractivity contribution in [1.82, 2.24) is 4.98 Å². The van der Waals surface area contributed by atoms with E-state index in [-0.39, 0.29) is 18.1 Å². The average molecular weight is 379 g/mol. The summed E-state index contributed by atoms with van der Waals surface area (Å²) in [5.74, 6) is -0.411. The number of halogens is 1. The first-order valence-electron chi connectivity index (χ1n) is 8.43. The lowest BCUT2D eigenvalue weighted by Crippen LogP contribution is -2.39. The van der Waals surface area contributed by atoms with Crippen LogP contribution in [0.25, 0.3) is 0 Å². The van der Waals surface area contributed by atoms with Crippen LogP contribution in [0.2, 0.25) is 5.02 Å². The number of Topliss-reactive ketones (excluding diaryl/α,β-unsaturated/α-hetero) is 1. The van der Waals surface area contributed by atoms with Gasteiger partial charge in [-0.25, -0.2) is 0 Å². The molecule has 3 aromatic rings. The van der Waals surface area contributed by atoms with Crippen LogP contribution in [-0.2, 0) is 4.84 Å². The molecule has 0 saturated heterocycles. The van der Waals surface area contributed by atoms with Crippen molar-refractivity contribution in [1.29, 1.82) is 0 Å². The molecule has 2 aromatic carbocycles. The summed E-state index contributed by atoms with van der Waals surface area (Å²) in [5.41, 5.74) is 2.02. The minimum absolute atomic E-state index is 0.0748. The Hall–Kier alpha value is -3.02. The monoisotopic (exact) mass is 378 g/mol. The van der Waals surface area contributed by atoms with E-state index in [1.165, 1.54) is 5.06 Å². The first-order valence-corrected chi connectivity index (χ1v) is 8.81. The quantitative estimate of drug-likeness (QED) is 0.620. The Morgan fingerprint density at radius 1 is 1.04 bits per heavy atom. The Morgan fingerprint density at radius 3 is 2.52 bits per heavy atom. The Bertz CT molecular complexity index is 990. The zero-order valence-corrected chi connectivity index (χ0v) is 15.0. The molecule has 4 rings (SSSR count). The third-order valence-corrected chi connectivity index (χ3v) is 4.57. The van der Waals surface area contributed by atoms with Gasteiger partial charge in [-0.3, -0.25) is 19.4 Å². The van der Waals surface area contributed by atoms with Crippen LogP contribution in [0.3, 0.4) is 0 Å². The summed E-state index contributed by atoms with van der Waals surface area (Å²) in [6.07, 6.45) is 1.00. The second-order valence-corrected chi connectivity index (χ2v) is 6.54. The number of benzene rings is 2. The Kier molecular flexibility index (Phi) is 4.71. The largest absolute Gasteiger partial charge is 0.294 e. The van der Waals surface area contributed by atoms with Gasteiger partial charge < -0.3 is 0 Å². The number of carbonyl (C=O) groups excluding carboxylic acids is 2. The van der Waals surface area contributed by atoms with Crippen LogP contribution in [0.15, 0.2) is 72.9 Å². The van der Waals surface area contributed by atoms with Crippen LogP contribution in [0.4, 0.5) is 5.69 Å². The molecule has 0 aliphatic carbocycles. The third-order valence-electron chi connectivity index (χ3n) is 4.32. The van der Waals surface area contributed by atoms with Crippen LogP contribution < -0.4 is 5.06 Å². The zero-order chi connectivity index (χ0) is 18.8. The van der Waals surface area contributed by atoms with Gasteiger partial charge in [-0.05, 0) is 36.4 Å². The van der Waals surface area contributed by atoms with Gasteiger partial charge in [0.05, 0.1) is 16.9 Å². The highest BCUT2D eigenvalue weighted by Crippen LogP contribution is 2.34. The summed E-state index contributed by atoms with van der Waals surface area (Å²) in [6.45, 7) is 0. The molecule has 0 N–H and O–H groups in total. The van der Waals surface area contributed by atoms with Gasteiger partial charge in [0.1, 0.15) is 6.10 Å². The molecule has 6 heteroatoms. The number of aromatic nitrogens is 1. The summed E-state index contributed by atoms with van der Waals surface area (Å²) in [6, 6.07) is 19.1. The minimum Gasteiger partial charge on any atom is -0.294 e. The van der Waals surface area contributed by atoms with Gasteiger partial charge in [0.25, 0.3) is 5.91 Å². The van der Waals surface area contributed by atoms with E-state index < -0.39 is 6.10 Å². The number of ketones is 1. The van der Waals surface area contributed by atoms with Crippen LogP contribution in [0.1, 0.15) is 38.9 Å². The van der Waals surface area contributed by atoms with Crippen molar-refractivity contribution in [3.8, 4) is 0 Å². The second kappa shape index (κ2) is 7.31. The van der Waals surface area contributed by atoms with Crippen LogP contribution in [-0.4, -0.2) is 16.7 Å². The Morgan fingerprint density at radius 2 is 1.78 bits per heavy atom. The van der Waals surface area contributed by atoms with Crippen molar-refractivity contribution < 1.29 is 14.4 Å². The molecule has 0 bridgehead atoms. The highest BCUT2D eigenvalue weighted by atomic mass is 35.5. The molecule has 1 amide bonds. The highest BCUT2D eigenvalue weighted by Gasteiger charge is 2.35. The summed E-state index contributed by atoms with van der Waals surface area (Å²) in [5, 5.41) is 1.75. The molecule has 1 atom stereocenters. The number of hydrogen-bond donors (Lipinski definition) is 0. The molecule has 1 aromatic heterocycles. The SMILES string of the molecule is O=C(CC1ON(c2ccc(Cl)cc2)C(=O)c2cccnc21)c1ccccc1. The smallest absolute Gasteiger partial charge is 0.284 e. The molecule has 27 heavy (non-hydrogen) atoms. The maximum Gasteiger partial charge on any atom is 0.284 e. The molecule has 0 radical (unpaired) electrons. The summed E-state index contributed by atoms with van der Waals surface area (Å²) >= 11 is 5.93. The number of amides is 1. The van der Waals surface area contributed by atoms with Crippen molar-refractivity contribution >= 4 is 29.0 Å². The van der Waals surface area contributed by atoms with E-state index in [4.69, 9.17) is 16.4 Å². The fourth-order valence-electron chi connectivity index (χ4n) is 2.99. The lowest BCUT2D eigenvalue weighted by Gasteiger charge is -2.32. The normalized spacial score (nSPS) is 16.1. The molecule has 5 nitrogen and oxygen atoms in total. The van der Waals surface area contributed by atoms with Crippen LogP contribution >= 0.6 is 11.6 Å². The van der Waals surface area contributed by atoms with E-state index in [9.17, 15) is 9.59 Å². The number of hydrogen-bond acceptors (Lipinski definition) is 4. The third kappa shape index (κ3) is 3.47. The van der Waals surface area contributed by atoms with Gasteiger partial charge >= 0.3 is 0 Å². The predicted molar refractivity (Wildman–Crippen MR) is 102 cm³/mol. The lowest BCUT2D eigenvalue weighted by molar-refractivity contribution is 0.0125. The van der Waals surface area contributed by atoms with Crippen LogP contribution in [0.5, 0.6) is 0 Å². The van der Waals surface area contributed by atoms with E-state index in [1.807, 2.05) is 18.2 Å². The fraction of sp³-hybridized carbons (Fsp3) is 0.0952. The van der Waals surface area contributed by atoms with Crippen molar-refractivity contribution in [2.24, 2.45) is 0 Å². The molecule has 0 fully saturated rings. The molecule has 0 spiro atoms. The number of pyridine rings is 1. The zero-order valence-electron chi connectivity index (χ0n) is 14.2. The Balaban J connectivity index is 1.68. The first kappa shape index (κ1) is 17.4. The minimum atomic E-state index is -0.665. The van der Waals surface area contributed by atoms with Crippen LogP contribution in [0, 0.1) is 0 Å². The van der Waals surface area contributed by atoms with E-state index in [0.29, 0.717) is 27.5 Å². The van der Waals surface area contributed by atoms with E-state index >= 15 is 0 Å². The average Bonchev–Trinajstić information content (AvgIpc) is 2.71. The fourth-order valence-corrected chi connectivity index (χ4v) is 3.11. The standard InChI is InChI=1S/C21H15ClN2O3/c22-15-8-10-16(11-9-15)24-21(26)17-7-4-12-23-20(17)19(27-24)13-18(25)14-5-2-1-3-6-14/h1-12,19H,13H2. The molecule has 1 aliphatic heterocycles. The summed E-state index contributed by atoms with van der Waals surface area (Å²) in [7, 11) is 0. The van der Waals surface area contributed by atoms with Gasteiger partial charge in [-0.1, -0.05) is 41.9 Å². The Labute approximate surface area is 161 Å².